The third-order valence-electron chi connectivity index (χ3n) is 4.22. The van der Waals surface area contributed by atoms with Gasteiger partial charge in [-0.15, -0.1) is 0 Å². The SMILES string of the molecule is CC(C)c1ccc(NC(=O)c2ccc(-c3ccc(Cl)c(C(F)(F)F)c3)o2)cc1. The number of halogens is 4. The summed E-state index contributed by atoms with van der Waals surface area (Å²) in [4.78, 5) is 12.4. The maximum absolute atomic E-state index is 13.0. The average Bonchev–Trinajstić information content (AvgIpc) is 3.12. The van der Waals surface area contributed by atoms with Crippen LogP contribution in [0.3, 0.4) is 0 Å². The van der Waals surface area contributed by atoms with Crippen molar-refractivity contribution in [2.24, 2.45) is 0 Å². The predicted molar refractivity (Wildman–Crippen MR) is 103 cm³/mol. The van der Waals surface area contributed by atoms with Crippen LogP contribution in [0.1, 0.15) is 41.4 Å². The molecule has 28 heavy (non-hydrogen) atoms. The van der Waals surface area contributed by atoms with Gasteiger partial charge in [-0.1, -0.05) is 37.6 Å². The van der Waals surface area contributed by atoms with Gasteiger partial charge < -0.3 is 9.73 Å². The normalized spacial score (nSPS) is 11.7. The molecule has 3 nitrogen and oxygen atoms in total. The molecule has 0 saturated carbocycles. The van der Waals surface area contributed by atoms with E-state index in [-0.39, 0.29) is 17.1 Å². The fourth-order valence-electron chi connectivity index (χ4n) is 2.65. The number of hydrogen-bond acceptors (Lipinski definition) is 2. The molecule has 1 N–H and O–H groups in total. The van der Waals surface area contributed by atoms with Gasteiger partial charge in [0.15, 0.2) is 5.76 Å². The number of nitrogens with one attached hydrogen (secondary N) is 1. The third-order valence-corrected chi connectivity index (χ3v) is 4.55. The number of benzene rings is 2. The van der Waals surface area contributed by atoms with Gasteiger partial charge in [0.25, 0.3) is 5.91 Å². The quantitative estimate of drug-likeness (QED) is 0.506. The molecule has 0 spiro atoms. The van der Waals surface area contributed by atoms with E-state index in [9.17, 15) is 18.0 Å². The Morgan fingerprint density at radius 2 is 1.71 bits per heavy atom. The van der Waals surface area contributed by atoms with E-state index in [1.807, 2.05) is 12.1 Å². The monoisotopic (exact) mass is 407 g/mol. The van der Waals surface area contributed by atoms with Crippen LogP contribution in [0.25, 0.3) is 11.3 Å². The Morgan fingerprint density at radius 1 is 1.04 bits per heavy atom. The second kappa shape index (κ2) is 7.72. The standard InChI is InChI=1S/C21H17ClF3NO2/c1-12(2)13-3-6-15(7-4-13)26-20(27)19-10-9-18(28-19)14-5-8-17(22)16(11-14)21(23,24)25/h3-12H,1-2H3,(H,26,27). The Bertz CT molecular complexity index is 992. The van der Waals surface area contributed by atoms with E-state index in [4.69, 9.17) is 16.0 Å². The van der Waals surface area contributed by atoms with Gasteiger partial charge in [0.2, 0.25) is 0 Å². The molecule has 0 aliphatic rings. The molecular formula is C21H17ClF3NO2. The minimum atomic E-state index is -4.58. The van der Waals surface area contributed by atoms with Crippen LogP contribution < -0.4 is 5.32 Å². The van der Waals surface area contributed by atoms with Crippen LogP contribution in [-0.2, 0) is 6.18 Å². The number of carbonyl (C=O) groups is 1. The van der Waals surface area contributed by atoms with Crippen LogP contribution in [0, 0.1) is 0 Å². The van der Waals surface area contributed by atoms with Crippen molar-refractivity contribution in [3.8, 4) is 11.3 Å². The summed E-state index contributed by atoms with van der Waals surface area (Å²) in [7, 11) is 0. The fourth-order valence-corrected chi connectivity index (χ4v) is 2.88. The van der Waals surface area contributed by atoms with Crippen LogP contribution in [0.4, 0.5) is 18.9 Å². The van der Waals surface area contributed by atoms with E-state index in [0.717, 1.165) is 17.7 Å². The van der Waals surface area contributed by atoms with Crippen molar-refractivity contribution in [1.82, 2.24) is 0 Å². The molecule has 0 fully saturated rings. The highest BCUT2D eigenvalue weighted by atomic mass is 35.5. The fraction of sp³-hybridized carbons (Fsp3) is 0.190. The largest absolute Gasteiger partial charge is 0.451 e. The van der Waals surface area contributed by atoms with Crippen molar-refractivity contribution in [1.29, 1.82) is 0 Å². The Morgan fingerprint density at radius 3 is 2.32 bits per heavy atom. The summed E-state index contributed by atoms with van der Waals surface area (Å²) < 4.78 is 44.5. The van der Waals surface area contributed by atoms with E-state index in [1.165, 1.54) is 18.2 Å². The maximum atomic E-state index is 13.0. The van der Waals surface area contributed by atoms with Crippen molar-refractivity contribution in [3.63, 3.8) is 0 Å². The zero-order valence-electron chi connectivity index (χ0n) is 15.1. The first-order valence-corrected chi connectivity index (χ1v) is 8.91. The van der Waals surface area contributed by atoms with Crippen molar-refractivity contribution >= 4 is 23.2 Å². The lowest BCUT2D eigenvalue weighted by Gasteiger charge is -2.10. The summed E-state index contributed by atoms with van der Waals surface area (Å²) in [6.45, 7) is 4.14. The number of anilines is 1. The van der Waals surface area contributed by atoms with Crippen LogP contribution in [0.5, 0.6) is 0 Å². The predicted octanol–water partition coefficient (Wildman–Crippen LogP) is 6.99. The molecule has 0 unspecified atom stereocenters. The van der Waals surface area contributed by atoms with Gasteiger partial charge in [0.05, 0.1) is 10.6 Å². The Hall–Kier alpha value is -2.73. The highest BCUT2D eigenvalue weighted by Gasteiger charge is 2.33. The first kappa shape index (κ1) is 20.0. The molecule has 0 bridgehead atoms. The zero-order valence-corrected chi connectivity index (χ0v) is 15.9. The Balaban J connectivity index is 1.79. The van der Waals surface area contributed by atoms with E-state index in [1.54, 1.807) is 12.1 Å². The van der Waals surface area contributed by atoms with Gasteiger partial charge in [0, 0.05) is 11.3 Å². The summed E-state index contributed by atoms with van der Waals surface area (Å²) in [6, 6.07) is 13.7. The smallest absolute Gasteiger partial charge is 0.417 e. The number of hydrogen-bond donors (Lipinski definition) is 1. The van der Waals surface area contributed by atoms with Crippen LogP contribution in [0.2, 0.25) is 5.02 Å². The van der Waals surface area contributed by atoms with Crippen LogP contribution in [-0.4, -0.2) is 5.91 Å². The number of rotatable bonds is 4. The molecule has 0 radical (unpaired) electrons. The molecule has 0 atom stereocenters. The average molecular weight is 408 g/mol. The van der Waals surface area contributed by atoms with E-state index >= 15 is 0 Å². The minimum Gasteiger partial charge on any atom is -0.451 e. The molecule has 7 heteroatoms. The lowest BCUT2D eigenvalue weighted by atomic mass is 10.0. The molecule has 1 aromatic heterocycles. The first-order valence-electron chi connectivity index (χ1n) is 8.53. The number of amides is 1. The summed E-state index contributed by atoms with van der Waals surface area (Å²) >= 11 is 5.63. The molecule has 0 saturated heterocycles. The molecule has 0 aliphatic carbocycles. The van der Waals surface area contributed by atoms with E-state index in [0.29, 0.717) is 11.6 Å². The van der Waals surface area contributed by atoms with Gasteiger partial charge in [0.1, 0.15) is 5.76 Å². The van der Waals surface area contributed by atoms with Crippen molar-refractivity contribution in [3.05, 3.63) is 76.5 Å². The van der Waals surface area contributed by atoms with Gasteiger partial charge in [-0.25, -0.2) is 0 Å². The topological polar surface area (TPSA) is 42.2 Å². The molecule has 3 rings (SSSR count). The molecule has 2 aromatic carbocycles. The Labute approximate surface area is 165 Å². The highest BCUT2D eigenvalue weighted by molar-refractivity contribution is 6.31. The zero-order chi connectivity index (χ0) is 20.5. The Kier molecular flexibility index (Phi) is 5.52. The van der Waals surface area contributed by atoms with Gasteiger partial charge in [-0.05, 0) is 53.9 Å². The summed E-state index contributed by atoms with van der Waals surface area (Å²) in [5.74, 6) is 0.0146. The maximum Gasteiger partial charge on any atom is 0.417 e. The molecule has 0 aliphatic heterocycles. The van der Waals surface area contributed by atoms with E-state index < -0.39 is 22.7 Å². The second-order valence-electron chi connectivity index (χ2n) is 6.59. The molecular weight excluding hydrogens is 391 g/mol. The number of alkyl halides is 3. The number of furan rings is 1. The number of carbonyl (C=O) groups excluding carboxylic acids is 1. The van der Waals surface area contributed by atoms with Crippen LogP contribution >= 0.6 is 11.6 Å². The molecule has 1 heterocycles. The lowest BCUT2D eigenvalue weighted by Crippen LogP contribution is -2.10. The third kappa shape index (κ3) is 4.39. The molecule has 1 amide bonds. The summed E-state index contributed by atoms with van der Waals surface area (Å²) in [5, 5.41) is 2.30. The van der Waals surface area contributed by atoms with E-state index in [2.05, 4.69) is 19.2 Å². The van der Waals surface area contributed by atoms with Gasteiger partial charge >= 0.3 is 6.18 Å². The second-order valence-corrected chi connectivity index (χ2v) is 6.99. The van der Waals surface area contributed by atoms with Crippen molar-refractivity contribution < 1.29 is 22.4 Å². The van der Waals surface area contributed by atoms with Crippen molar-refractivity contribution in [2.75, 3.05) is 5.32 Å². The first-order chi connectivity index (χ1) is 13.1. The minimum absolute atomic E-state index is 0.00792. The summed E-state index contributed by atoms with van der Waals surface area (Å²) in [6.07, 6.45) is -4.58. The van der Waals surface area contributed by atoms with Crippen molar-refractivity contribution in [2.45, 2.75) is 25.9 Å². The van der Waals surface area contributed by atoms with Gasteiger partial charge in [-0.3, -0.25) is 4.79 Å². The molecule has 146 valence electrons. The summed E-state index contributed by atoms with van der Waals surface area (Å²) in [5.41, 5.74) is 0.955. The highest BCUT2D eigenvalue weighted by Crippen LogP contribution is 2.37. The van der Waals surface area contributed by atoms with Gasteiger partial charge in [-0.2, -0.15) is 13.2 Å². The van der Waals surface area contributed by atoms with Crippen LogP contribution in [0.15, 0.2) is 59.0 Å². The molecule has 3 aromatic rings. The lowest BCUT2D eigenvalue weighted by molar-refractivity contribution is -0.137.